The van der Waals surface area contributed by atoms with Gasteiger partial charge < -0.3 is 10.1 Å². The van der Waals surface area contributed by atoms with Gasteiger partial charge >= 0.3 is 0 Å². The fraction of sp³-hybridized carbons (Fsp3) is 0.176. The lowest BCUT2D eigenvalue weighted by atomic mass is 10.1. The van der Waals surface area contributed by atoms with Gasteiger partial charge in [0.1, 0.15) is 5.75 Å². The molecule has 0 atom stereocenters. The molecule has 0 saturated carbocycles. The second-order valence-electron chi connectivity index (χ2n) is 4.80. The summed E-state index contributed by atoms with van der Waals surface area (Å²) in [4.78, 5) is 11.2. The summed E-state index contributed by atoms with van der Waals surface area (Å²) in [6, 6.07) is 14.9. The van der Waals surface area contributed by atoms with Crippen molar-refractivity contribution >= 4 is 28.9 Å². The summed E-state index contributed by atoms with van der Waals surface area (Å²) in [7, 11) is 1.56. The Bertz CT molecular complexity index is 702. The monoisotopic (exact) mass is 331 g/mol. The molecule has 23 heavy (non-hydrogen) atoms. The van der Waals surface area contributed by atoms with Gasteiger partial charge in [0.05, 0.1) is 30.1 Å². The summed E-state index contributed by atoms with van der Waals surface area (Å²) in [5, 5.41) is 7.64. The summed E-state index contributed by atoms with van der Waals surface area (Å²) in [6.07, 6.45) is 0. The van der Waals surface area contributed by atoms with Crippen LogP contribution in [-0.4, -0.2) is 25.3 Å². The molecule has 1 amide bonds. The molecular formula is C17H18ClN3O2. The zero-order chi connectivity index (χ0) is 16.7. The first-order chi connectivity index (χ1) is 11.1. The number of carbonyl (C=O) groups is 1. The minimum absolute atomic E-state index is 0.110. The predicted molar refractivity (Wildman–Crippen MR) is 93.3 cm³/mol. The summed E-state index contributed by atoms with van der Waals surface area (Å²) >= 11 is 6.09. The molecule has 2 N–H and O–H groups in total. The average molecular weight is 332 g/mol. The first-order valence-electron chi connectivity index (χ1n) is 7.06. The molecule has 0 aromatic heterocycles. The highest BCUT2D eigenvalue weighted by Crippen LogP contribution is 2.27. The molecule has 0 aliphatic heterocycles. The number of hydrogen-bond donors (Lipinski definition) is 2. The molecule has 0 radical (unpaired) electrons. The van der Waals surface area contributed by atoms with Gasteiger partial charge in [0, 0.05) is 6.92 Å². The van der Waals surface area contributed by atoms with E-state index in [4.69, 9.17) is 16.3 Å². The highest BCUT2D eigenvalue weighted by Gasteiger charge is 2.05. The van der Waals surface area contributed by atoms with E-state index in [1.807, 2.05) is 36.4 Å². The lowest BCUT2D eigenvalue weighted by molar-refractivity contribution is -0.118. The average Bonchev–Trinajstić information content (AvgIpc) is 2.55. The van der Waals surface area contributed by atoms with Crippen molar-refractivity contribution in [2.75, 3.05) is 19.1 Å². The molecule has 2 rings (SSSR count). The van der Waals surface area contributed by atoms with Crippen LogP contribution < -0.4 is 15.5 Å². The Morgan fingerprint density at radius 1 is 1.22 bits per heavy atom. The zero-order valence-electron chi connectivity index (χ0n) is 13.0. The minimum atomic E-state index is -0.110. The Hall–Kier alpha value is -2.53. The molecule has 5 nitrogen and oxygen atoms in total. The number of nitrogens with zero attached hydrogens (tertiary/aromatic N) is 1. The number of nitrogens with one attached hydrogen (secondary N) is 2. The Balaban J connectivity index is 2.19. The van der Waals surface area contributed by atoms with Gasteiger partial charge in [-0.05, 0) is 23.8 Å². The smallest absolute Gasteiger partial charge is 0.217 e. The van der Waals surface area contributed by atoms with Crippen LogP contribution in [0.25, 0.3) is 0 Å². The molecule has 0 heterocycles. The van der Waals surface area contributed by atoms with E-state index in [-0.39, 0.29) is 5.91 Å². The van der Waals surface area contributed by atoms with E-state index >= 15 is 0 Å². The molecule has 6 heteroatoms. The first-order valence-corrected chi connectivity index (χ1v) is 7.44. The number of rotatable bonds is 6. The topological polar surface area (TPSA) is 62.7 Å². The van der Waals surface area contributed by atoms with Gasteiger partial charge in [-0.15, -0.1) is 0 Å². The van der Waals surface area contributed by atoms with Crippen molar-refractivity contribution < 1.29 is 9.53 Å². The van der Waals surface area contributed by atoms with Crippen LogP contribution >= 0.6 is 11.6 Å². The van der Waals surface area contributed by atoms with Crippen molar-refractivity contribution in [2.45, 2.75) is 6.92 Å². The van der Waals surface area contributed by atoms with Crippen LogP contribution in [0.5, 0.6) is 5.75 Å². The third-order valence-electron chi connectivity index (χ3n) is 3.08. The van der Waals surface area contributed by atoms with Gasteiger partial charge in [-0.1, -0.05) is 41.9 Å². The molecule has 0 aliphatic carbocycles. The number of methoxy groups -OCH3 is 1. The molecule has 0 bridgehead atoms. The van der Waals surface area contributed by atoms with Crippen molar-refractivity contribution in [1.29, 1.82) is 0 Å². The summed E-state index contributed by atoms with van der Waals surface area (Å²) in [5.41, 5.74) is 5.32. The zero-order valence-corrected chi connectivity index (χ0v) is 13.7. The van der Waals surface area contributed by atoms with Crippen molar-refractivity contribution in [3.63, 3.8) is 0 Å². The molecule has 0 aliphatic rings. The van der Waals surface area contributed by atoms with Crippen molar-refractivity contribution in [3.8, 4) is 5.75 Å². The van der Waals surface area contributed by atoms with E-state index in [1.54, 1.807) is 19.2 Å². The number of anilines is 1. The molecule has 0 unspecified atom stereocenters. The predicted octanol–water partition coefficient (Wildman–Crippen LogP) is 3.30. The van der Waals surface area contributed by atoms with Crippen LogP contribution in [0.2, 0.25) is 5.02 Å². The molecule has 0 fully saturated rings. The molecule has 2 aromatic rings. The Morgan fingerprint density at radius 3 is 2.57 bits per heavy atom. The van der Waals surface area contributed by atoms with Crippen LogP contribution in [0.3, 0.4) is 0 Å². The maximum absolute atomic E-state index is 11.2. The number of hydrazone groups is 1. The Kier molecular flexibility index (Phi) is 6.00. The van der Waals surface area contributed by atoms with Crippen LogP contribution in [0.1, 0.15) is 12.5 Å². The largest absolute Gasteiger partial charge is 0.495 e. The van der Waals surface area contributed by atoms with E-state index in [1.165, 1.54) is 6.92 Å². The fourth-order valence-corrected chi connectivity index (χ4v) is 2.17. The van der Waals surface area contributed by atoms with Crippen molar-refractivity contribution in [2.24, 2.45) is 5.10 Å². The Morgan fingerprint density at radius 2 is 1.96 bits per heavy atom. The van der Waals surface area contributed by atoms with E-state index in [0.29, 0.717) is 23.0 Å². The van der Waals surface area contributed by atoms with Crippen LogP contribution in [0, 0.1) is 0 Å². The maximum atomic E-state index is 11.2. The highest BCUT2D eigenvalue weighted by molar-refractivity contribution is 6.32. The number of ether oxygens (including phenoxy) is 1. The van der Waals surface area contributed by atoms with Gasteiger partial charge in [-0.2, -0.15) is 5.10 Å². The SMILES string of the molecule is COc1ccc(NN=C(CNC(C)=O)c2ccccc2)cc1Cl. The summed E-state index contributed by atoms with van der Waals surface area (Å²) < 4.78 is 5.12. The molecule has 0 spiro atoms. The van der Waals surface area contributed by atoms with Crippen molar-refractivity contribution in [3.05, 3.63) is 59.1 Å². The van der Waals surface area contributed by atoms with Gasteiger partial charge in [-0.3, -0.25) is 10.2 Å². The van der Waals surface area contributed by atoms with E-state index in [2.05, 4.69) is 15.8 Å². The highest BCUT2D eigenvalue weighted by atomic mass is 35.5. The first kappa shape index (κ1) is 16.8. The molecule has 120 valence electrons. The number of halogens is 1. The van der Waals surface area contributed by atoms with E-state index < -0.39 is 0 Å². The van der Waals surface area contributed by atoms with Crippen LogP contribution in [0.15, 0.2) is 53.6 Å². The number of benzene rings is 2. The minimum Gasteiger partial charge on any atom is -0.495 e. The summed E-state index contributed by atoms with van der Waals surface area (Å²) in [5.74, 6) is 0.490. The van der Waals surface area contributed by atoms with Gasteiger partial charge in [0.25, 0.3) is 0 Å². The molecule has 2 aromatic carbocycles. The van der Waals surface area contributed by atoms with Crippen LogP contribution in [-0.2, 0) is 4.79 Å². The second kappa shape index (κ2) is 8.19. The quantitative estimate of drug-likeness (QED) is 0.630. The lowest BCUT2D eigenvalue weighted by Gasteiger charge is -2.10. The van der Waals surface area contributed by atoms with E-state index in [0.717, 1.165) is 11.3 Å². The maximum Gasteiger partial charge on any atom is 0.217 e. The summed E-state index contributed by atoms with van der Waals surface area (Å²) in [6.45, 7) is 1.80. The lowest BCUT2D eigenvalue weighted by Crippen LogP contribution is -2.28. The molecule has 0 saturated heterocycles. The number of carbonyl (C=O) groups excluding carboxylic acids is 1. The fourth-order valence-electron chi connectivity index (χ4n) is 1.91. The van der Waals surface area contributed by atoms with Crippen molar-refractivity contribution in [1.82, 2.24) is 5.32 Å². The van der Waals surface area contributed by atoms with Gasteiger partial charge in [-0.25, -0.2) is 0 Å². The third kappa shape index (κ3) is 5.00. The Labute approximate surface area is 140 Å². The normalized spacial score (nSPS) is 11.0. The van der Waals surface area contributed by atoms with Gasteiger partial charge in [0.15, 0.2) is 0 Å². The molecular weight excluding hydrogens is 314 g/mol. The van der Waals surface area contributed by atoms with Gasteiger partial charge in [0.2, 0.25) is 5.91 Å². The third-order valence-corrected chi connectivity index (χ3v) is 3.38. The standard InChI is InChI=1S/C17H18ClN3O2/c1-12(22)19-11-16(13-6-4-3-5-7-13)21-20-14-8-9-17(23-2)15(18)10-14/h3-10,20H,11H2,1-2H3,(H,19,22). The second-order valence-corrected chi connectivity index (χ2v) is 5.20. The van der Waals surface area contributed by atoms with E-state index in [9.17, 15) is 4.79 Å². The number of hydrogen-bond acceptors (Lipinski definition) is 4. The number of amides is 1. The van der Waals surface area contributed by atoms with Crippen LogP contribution in [0.4, 0.5) is 5.69 Å².